The number of benzene rings is 2. The zero-order valence-electron chi connectivity index (χ0n) is 12.8. The zero-order chi connectivity index (χ0) is 15.9. The molecular formula is C18H20O3S. The number of carbonyl (C=O) groups is 1. The molecule has 0 aliphatic carbocycles. The van der Waals surface area contributed by atoms with E-state index in [4.69, 9.17) is 4.74 Å². The van der Waals surface area contributed by atoms with E-state index < -0.39 is 11.2 Å². The quantitative estimate of drug-likeness (QED) is 0.778. The molecule has 0 radical (unpaired) electrons. The molecule has 2 rings (SSSR count). The smallest absolute Gasteiger partial charge is 0.317 e. The molecule has 116 valence electrons. The second-order valence-electron chi connectivity index (χ2n) is 5.00. The highest BCUT2D eigenvalue weighted by Gasteiger charge is 2.21. The van der Waals surface area contributed by atoms with Crippen LogP contribution in [0.3, 0.4) is 0 Å². The van der Waals surface area contributed by atoms with Gasteiger partial charge < -0.3 is 9.84 Å². The molecule has 0 aliphatic rings. The van der Waals surface area contributed by atoms with Crippen LogP contribution in [0.2, 0.25) is 0 Å². The highest BCUT2D eigenvalue weighted by atomic mass is 32.2. The molecule has 2 aromatic rings. The molecule has 0 heterocycles. The normalized spacial score (nSPS) is 11.9. The molecule has 0 saturated carbocycles. The molecule has 0 spiro atoms. The first kappa shape index (κ1) is 16.4. The minimum atomic E-state index is -0.808. The molecule has 0 fully saturated rings. The average Bonchev–Trinajstić information content (AvgIpc) is 2.50. The average molecular weight is 316 g/mol. The van der Waals surface area contributed by atoms with Gasteiger partial charge >= 0.3 is 5.97 Å². The lowest BCUT2D eigenvalue weighted by molar-refractivity contribution is -0.136. The number of hydrogen-bond donors (Lipinski definition) is 1. The van der Waals surface area contributed by atoms with Crippen molar-refractivity contribution < 1.29 is 14.6 Å². The van der Waals surface area contributed by atoms with Gasteiger partial charge in [0, 0.05) is 4.90 Å². The monoisotopic (exact) mass is 316 g/mol. The first-order valence-electron chi connectivity index (χ1n) is 7.27. The molecule has 4 heteroatoms. The first-order chi connectivity index (χ1) is 10.6. The fraction of sp³-hybridized carbons (Fsp3) is 0.278. The van der Waals surface area contributed by atoms with E-state index in [2.05, 4.69) is 0 Å². The van der Waals surface area contributed by atoms with E-state index >= 15 is 0 Å². The third-order valence-corrected chi connectivity index (χ3v) is 4.45. The fourth-order valence-corrected chi connectivity index (χ4v) is 3.11. The van der Waals surface area contributed by atoms with Gasteiger partial charge in [0.05, 0.1) is 6.61 Å². The van der Waals surface area contributed by atoms with E-state index in [9.17, 15) is 9.90 Å². The summed E-state index contributed by atoms with van der Waals surface area (Å²) in [7, 11) is 0. The molecule has 2 aromatic carbocycles. The Labute approximate surface area is 135 Å². The number of ether oxygens (including phenoxy) is 1. The van der Waals surface area contributed by atoms with Gasteiger partial charge in [-0.1, -0.05) is 35.9 Å². The highest BCUT2D eigenvalue weighted by Crippen LogP contribution is 2.29. The van der Waals surface area contributed by atoms with E-state index in [1.54, 1.807) is 0 Å². The van der Waals surface area contributed by atoms with Crippen LogP contribution in [-0.2, 0) is 11.2 Å². The van der Waals surface area contributed by atoms with Crippen molar-refractivity contribution in [2.75, 3.05) is 6.61 Å². The van der Waals surface area contributed by atoms with Gasteiger partial charge in [-0.2, -0.15) is 0 Å². The molecular weight excluding hydrogens is 296 g/mol. The first-order valence-corrected chi connectivity index (χ1v) is 8.15. The van der Waals surface area contributed by atoms with Crippen molar-refractivity contribution in [3.8, 4) is 5.75 Å². The summed E-state index contributed by atoms with van der Waals surface area (Å²) in [6.45, 7) is 4.51. The Hall–Kier alpha value is -1.94. The number of aryl methyl sites for hydroxylation is 1. The highest BCUT2D eigenvalue weighted by molar-refractivity contribution is 8.00. The zero-order valence-corrected chi connectivity index (χ0v) is 13.6. The van der Waals surface area contributed by atoms with Crippen LogP contribution in [-0.4, -0.2) is 22.9 Å². The van der Waals surface area contributed by atoms with Crippen molar-refractivity contribution in [2.45, 2.75) is 30.4 Å². The fourth-order valence-electron chi connectivity index (χ4n) is 2.13. The van der Waals surface area contributed by atoms with Gasteiger partial charge in [-0.05, 0) is 44.0 Å². The predicted molar refractivity (Wildman–Crippen MR) is 89.8 cm³/mol. The Morgan fingerprint density at radius 3 is 2.50 bits per heavy atom. The summed E-state index contributed by atoms with van der Waals surface area (Å²) in [6, 6.07) is 15.5. The van der Waals surface area contributed by atoms with E-state index in [1.807, 2.05) is 62.4 Å². The summed E-state index contributed by atoms with van der Waals surface area (Å²) in [5.74, 6) is -0.0439. The van der Waals surface area contributed by atoms with Crippen molar-refractivity contribution in [3.05, 3.63) is 59.7 Å². The third kappa shape index (κ3) is 4.53. The second-order valence-corrected chi connectivity index (χ2v) is 6.28. The lowest BCUT2D eigenvalue weighted by Crippen LogP contribution is -2.19. The van der Waals surface area contributed by atoms with Gasteiger partial charge in [0.2, 0.25) is 0 Å². The van der Waals surface area contributed by atoms with E-state index in [-0.39, 0.29) is 0 Å². The number of rotatable bonds is 7. The van der Waals surface area contributed by atoms with E-state index in [0.717, 1.165) is 21.8 Å². The minimum Gasteiger partial charge on any atom is -0.494 e. The molecule has 0 unspecified atom stereocenters. The third-order valence-electron chi connectivity index (χ3n) is 3.25. The second kappa shape index (κ2) is 7.90. The Bertz CT molecular complexity index is 622. The van der Waals surface area contributed by atoms with Gasteiger partial charge in [-0.25, -0.2) is 0 Å². The Kier molecular flexibility index (Phi) is 5.90. The molecule has 1 atom stereocenters. The van der Waals surface area contributed by atoms with Crippen LogP contribution in [0.25, 0.3) is 0 Å². The molecule has 1 N–H and O–H groups in total. The molecule has 0 amide bonds. The maximum absolute atomic E-state index is 11.6. The summed E-state index contributed by atoms with van der Waals surface area (Å²) >= 11 is 1.37. The van der Waals surface area contributed by atoms with Crippen LogP contribution < -0.4 is 4.74 Å². The molecule has 22 heavy (non-hydrogen) atoms. The number of carboxylic acid groups (broad SMARTS) is 1. The molecule has 0 aromatic heterocycles. The van der Waals surface area contributed by atoms with Crippen LogP contribution in [0.15, 0.2) is 53.4 Å². The van der Waals surface area contributed by atoms with Crippen molar-refractivity contribution in [1.29, 1.82) is 0 Å². The minimum absolute atomic E-state index is 0.435. The summed E-state index contributed by atoms with van der Waals surface area (Å²) in [5.41, 5.74) is 2.09. The van der Waals surface area contributed by atoms with Crippen molar-refractivity contribution >= 4 is 17.7 Å². The Balaban J connectivity index is 2.15. The summed E-state index contributed by atoms with van der Waals surface area (Å²) in [4.78, 5) is 12.5. The summed E-state index contributed by atoms with van der Waals surface area (Å²) in [6.07, 6.45) is 0.435. The number of para-hydroxylation sites is 1. The van der Waals surface area contributed by atoms with Crippen molar-refractivity contribution in [3.63, 3.8) is 0 Å². The van der Waals surface area contributed by atoms with Gasteiger partial charge in [0.1, 0.15) is 11.0 Å². The van der Waals surface area contributed by atoms with Crippen molar-refractivity contribution in [1.82, 2.24) is 0 Å². The molecule has 0 bridgehead atoms. The summed E-state index contributed by atoms with van der Waals surface area (Å²) in [5, 5.41) is 8.97. The van der Waals surface area contributed by atoms with Crippen LogP contribution >= 0.6 is 11.8 Å². The lowest BCUT2D eigenvalue weighted by Gasteiger charge is -2.15. The molecule has 3 nitrogen and oxygen atoms in total. The maximum atomic E-state index is 11.6. The Morgan fingerprint density at radius 1 is 1.18 bits per heavy atom. The predicted octanol–water partition coefficient (Wildman–Crippen LogP) is 4.18. The molecule has 0 aliphatic heterocycles. The van der Waals surface area contributed by atoms with Crippen LogP contribution in [0.5, 0.6) is 5.75 Å². The number of thioether (sulfide) groups is 1. The standard InChI is InChI=1S/C18H20O3S/c1-3-21-16-7-5-4-6-14(16)12-17(18(19)20)22-15-10-8-13(2)9-11-15/h4-11,17H,3,12H2,1-2H3,(H,19,20)/t17-/m1/s1. The van der Waals surface area contributed by atoms with Gasteiger partial charge in [0.25, 0.3) is 0 Å². The molecule has 0 saturated heterocycles. The maximum Gasteiger partial charge on any atom is 0.317 e. The lowest BCUT2D eigenvalue weighted by atomic mass is 10.1. The number of carboxylic acids is 1. The largest absolute Gasteiger partial charge is 0.494 e. The number of aliphatic carboxylic acids is 1. The van der Waals surface area contributed by atoms with Gasteiger partial charge in [-0.3, -0.25) is 4.79 Å². The van der Waals surface area contributed by atoms with Crippen molar-refractivity contribution in [2.24, 2.45) is 0 Å². The van der Waals surface area contributed by atoms with Crippen LogP contribution in [0, 0.1) is 6.92 Å². The number of hydrogen-bond acceptors (Lipinski definition) is 3. The van der Waals surface area contributed by atoms with E-state index in [1.165, 1.54) is 11.8 Å². The summed E-state index contributed by atoms with van der Waals surface area (Å²) < 4.78 is 5.58. The van der Waals surface area contributed by atoms with Crippen LogP contribution in [0.4, 0.5) is 0 Å². The van der Waals surface area contributed by atoms with Gasteiger partial charge in [-0.15, -0.1) is 11.8 Å². The van der Waals surface area contributed by atoms with E-state index in [0.29, 0.717) is 13.0 Å². The topological polar surface area (TPSA) is 46.5 Å². The Morgan fingerprint density at radius 2 is 1.86 bits per heavy atom. The van der Waals surface area contributed by atoms with Gasteiger partial charge in [0.15, 0.2) is 0 Å². The SMILES string of the molecule is CCOc1ccccc1C[C@@H](Sc1ccc(C)cc1)C(=O)O. The van der Waals surface area contributed by atoms with Crippen LogP contribution in [0.1, 0.15) is 18.1 Å².